The largest absolute Gasteiger partial charge is 0.481 e. The highest BCUT2D eigenvalue weighted by atomic mass is 32.2. The van der Waals surface area contributed by atoms with Crippen molar-refractivity contribution in [2.45, 2.75) is 38.0 Å². The minimum Gasteiger partial charge on any atom is -0.481 e. The van der Waals surface area contributed by atoms with Gasteiger partial charge in [0.2, 0.25) is 10.0 Å². The van der Waals surface area contributed by atoms with E-state index in [0.717, 1.165) is 12.8 Å². The van der Waals surface area contributed by atoms with E-state index in [4.69, 9.17) is 5.11 Å². The molecule has 0 saturated carbocycles. The maximum atomic E-state index is 12.7. The standard InChI is InChI=1S/C17H26N2O5S/c1-4-11-19(12-5-2)25(23,24)15-8-6-14(7-9-15)17(22)18(3)13-10-16(20)21/h6-9H,4-5,10-13H2,1-3H3,(H,20,21). The summed E-state index contributed by atoms with van der Waals surface area (Å²) in [4.78, 5) is 24.3. The van der Waals surface area contributed by atoms with Crippen LogP contribution in [-0.2, 0) is 14.8 Å². The van der Waals surface area contributed by atoms with Gasteiger partial charge in [-0.1, -0.05) is 13.8 Å². The Morgan fingerprint density at radius 2 is 1.52 bits per heavy atom. The maximum Gasteiger partial charge on any atom is 0.305 e. The van der Waals surface area contributed by atoms with Gasteiger partial charge < -0.3 is 10.0 Å². The number of rotatable bonds is 10. The van der Waals surface area contributed by atoms with Gasteiger partial charge >= 0.3 is 5.97 Å². The highest BCUT2D eigenvalue weighted by Crippen LogP contribution is 2.18. The van der Waals surface area contributed by atoms with Crippen molar-refractivity contribution in [3.63, 3.8) is 0 Å². The van der Waals surface area contributed by atoms with E-state index < -0.39 is 16.0 Å². The molecule has 0 spiro atoms. The first kappa shape index (κ1) is 21.1. The summed E-state index contributed by atoms with van der Waals surface area (Å²) in [6, 6.07) is 5.77. The first-order valence-corrected chi connectivity index (χ1v) is 9.75. The molecule has 0 aromatic heterocycles. The summed E-state index contributed by atoms with van der Waals surface area (Å²) < 4.78 is 26.8. The number of carbonyl (C=O) groups is 2. The van der Waals surface area contributed by atoms with Gasteiger partial charge in [0.15, 0.2) is 0 Å². The van der Waals surface area contributed by atoms with Crippen LogP contribution in [0.4, 0.5) is 0 Å². The van der Waals surface area contributed by atoms with Crippen LogP contribution in [0.1, 0.15) is 43.5 Å². The van der Waals surface area contributed by atoms with Gasteiger partial charge in [0.25, 0.3) is 5.91 Å². The Morgan fingerprint density at radius 1 is 1.00 bits per heavy atom. The molecule has 140 valence electrons. The number of aliphatic carboxylic acids is 1. The molecule has 7 nitrogen and oxygen atoms in total. The van der Waals surface area contributed by atoms with Crippen LogP contribution >= 0.6 is 0 Å². The van der Waals surface area contributed by atoms with Gasteiger partial charge in [-0.2, -0.15) is 4.31 Å². The first-order valence-electron chi connectivity index (χ1n) is 8.31. The van der Waals surface area contributed by atoms with E-state index in [1.165, 1.54) is 40.5 Å². The fraction of sp³-hybridized carbons (Fsp3) is 0.529. The van der Waals surface area contributed by atoms with E-state index in [1.807, 2.05) is 13.8 Å². The van der Waals surface area contributed by atoms with Gasteiger partial charge in [-0.3, -0.25) is 9.59 Å². The molecule has 1 N–H and O–H groups in total. The lowest BCUT2D eigenvalue weighted by Crippen LogP contribution is -2.32. The molecule has 1 aromatic carbocycles. The number of carboxylic acid groups (broad SMARTS) is 1. The molecule has 25 heavy (non-hydrogen) atoms. The van der Waals surface area contributed by atoms with Crippen LogP contribution in [0.15, 0.2) is 29.2 Å². The Bertz CT molecular complexity index is 679. The lowest BCUT2D eigenvalue weighted by atomic mass is 10.2. The second-order valence-corrected chi connectivity index (χ2v) is 7.74. The van der Waals surface area contributed by atoms with Crippen LogP contribution in [0, 0.1) is 0 Å². The van der Waals surface area contributed by atoms with Crippen molar-refractivity contribution in [2.75, 3.05) is 26.7 Å². The SMILES string of the molecule is CCCN(CCC)S(=O)(=O)c1ccc(C(=O)N(C)CCC(=O)O)cc1. The van der Waals surface area contributed by atoms with Crippen molar-refractivity contribution in [3.05, 3.63) is 29.8 Å². The number of hydrogen-bond donors (Lipinski definition) is 1. The number of amides is 1. The van der Waals surface area contributed by atoms with Crippen molar-refractivity contribution in [1.29, 1.82) is 0 Å². The zero-order valence-corrected chi connectivity index (χ0v) is 15.8. The predicted octanol–water partition coefficient (Wildman–Crippen LogP) is 2.04. The maximum absolute atomic E-state index is 12.7. The Labute approximate surface area is 149 Å². The number of nitrogens with zero attached hydrogens (tertiary/aromatic N) is 2. The molecule has 1 rings (SSSR count). The third kappa shape index (κ3) is 5.82. The topological polar surface area (TPSA) is 95.0 Å². The molecule has 1 aromatic rings. The second kappa shape index (κ2) is 9.53. The fourth-order valence-electron chi connectivity index (χ4n) is 2.35. The molecule has 0 fully saturated rings. The smallest absolute Gasteiger partial charge is 0.305 e. The first-order chi connectivity index (χ1) is 11.7. The third-order valence-electron chi connectivity index (χ3n) is 3.69. The molecule has 0 aliphatic heterocycles. The number of hydrogen-bond acceptors (Lipinski definition) is 4. The summed E-state index contributed by atoms with van der Waals surface area (Å²) >= 11 is 0. The van der Waals surface area contributed by atoms with Crippen LogP contribution in [0.5, 0.6) is 0 Å². The Morgan fingerprint density at radius 3 is 1.96 bits per heavy atom. The molecule has 0 aliphatic rings. The third-order valence-corrected chi connectivity index (χ3v) is 5.61. The lowest BCUT2D eigenvalue weighted by molar-refractivity contribution is -0.137. The summed E-state index contributed by atoms with van der Waals surface area (Å²) in [6.07, 6.45) is 1.31. The van der Waals surface area contributed by atoms with Crippen LogP contribution < -0.4 is 0 Å². The van der Waals surface area contributed by atoms with Crippen molar-refractivity contribution >= 4 is 21.9 Å². The molecule has 0 saturated heterocycles. The van der Waals surface area contributed by atoms with Gasteiger partial charge in [0.05, 0.1) is 11.3 Å². The molecule has 0 radical (unpaired) electrons. The van der Waals surface area contributed by atoms with Crippen molar-refractivity contribution in [1.82, 2.24) is 9.21 Å². The fourth-order valence-corrected chi connectivity index (χ4v) is 3.98. The minimum absolute atomic E-state index is 0.0923. The van der Waals surface area contributed by atoms with Gasteiger partial charge in [-0.15, -0.1) is 0 Å². The Kier molecular flexibility index (Phi) is 8.05. The molecule has 0 aliphatic carbocycles. The zero-order valence-electron chi connectivity index (χ0n) is 14.9. The van der Waals surface area contributed by atoms with E-state index >= 15 is 0 Å². The van der Waals surface area contributed by atoms with Gasteiger partial charge in [0, 0.05) is 32.2 Å². The summed E-state index contributed by atoms with van der Waals surface area (Å²) in [5, 5.41) is 8.67. The highest BCUT2D eigenvalue weighted by molar-refractivity contribution is 7.89. The number of carboxylic acids is 1. The van der Waals surface area contributed by atoms with E-state index in [2.05, 4.69) is 0 Å². The average molecular weight is 370 g/mol. The van der Waals surface area contributed by atoms with Crippen LogP contribution in [-0.4, -0.2) is 61.3 Å². The van der Waals surface area contributed by atoms with Gasteiger partial charge in [0.1, 0.15) is 0 Å². The van der Waals surface area contributed by atoms with Crippen molar-refractivity contribution < 1.29 is 23.1 Å². The summed E-state index contributed by atoms with van der Waals surface area (Å²) in [7, 11) is -2.06. The van der Waals surface area contributed by atoms with Crippen molar-refractivity contribution in [2.24, 2.45) is 0 Å². The molecular formula is C17H26N2O5S. The monoisotopic (exact) mass is 370 g/mol. The lowest BCUT2D eigenvalue weighted by Gasteiger charge is -2.21. The number of carbonyl (C=O) groups excluding carboxylic acids is 1. The van der Waals surface area contributed by atoms with Crippen LogP contribution in [0.25, 0.3) is 0 Å². The van der Waals surface area contributed by atoms with E-state index in [-0.39, 0.29) is 23.8 Å². The second-order valence-electron chi connectivity index (χ2n) is 5.80. The molecule has 8 heteroatoms. The number of benzene rings is 1. The quantitative estimate of drug-likeness (QED) is 0.680. The number of sulfonamides is 1. The van der Waals surface area contributed by atoms with Gasteiger partial charge in [-0.25, -0.2) is 8.42 Å². The summed E-state index contributed by atoms with van der Waals surface area (Å²) in [5.41, 5.74) is 0.323. The normalized spacial score (nSPS) is 11.5. The Hall–Kier alpha value is -1.93. The van der Waals surface area contributed by atoms with E-state index in [1.54, 1.807) is 0 Å². The van der Waals surface area contributed by atoms with Crippen LogP contribution in [0.3, 0.4) is 0 Å². The average Bonchev–Trinajstić information content (AvgIpc) is 2.58. The molecule has 0 atom stereocenters. The predicted molar refractivity (Wildman–Crippen MR) is 95.0 cm³/mol. The Balaban J connectivity index is 2.94. The van der Waals surface area contributed by atoms with Crippen LogP contribution in [0.2, 0.25) is 0 Å². The summed E-state index contributed by atoms with van der Waals surface area (Å²) in [6.45, 7) is 4.85. The molecular weight excluding hydrogens is 344 g/mol. The minimum atomic E-state index is -3.58. The van der Waals surface area contributed by atoms with Crippen molar-refractivity contribution in [3.8, 4) is 0 Å². The zero-order chi connectivity index (χ0) is 19.0. The van der Waals surface area contributed by atoms with Gasteiger partial charge in [-0.05, 0) is 37.1 Å². The van der Waals surface area contributed by atoms with E-state index in [0.29, 0.717) is 18.7 Å². The molecule has 0 heterocycles. The summed E-state index contributed by atoms with van der Waals surface area (Å²) in [5.74, 6) is -1.32. The van der Waals surface area contributed by atoms with E-state index in [9.17, 15) is 18.0 Å². The molecule has 1 amide bonds. The highest BCUT2D eigenvalue weighted by Gasteiger charge is 2.23. The molecule has 0 unspecified atom stereocenters. The molecule has 0 bridgehead atoms.